The molecule has 1 atom stereocenters. The van der Waals surface area contributed by atoms with Gasteiger partial charge in [0.2, 0.25) is 0 Å². The second-order valence-electron chi connectivity index (χ2n) is 3.30. The maximum atomic E-state index is 10.8. The molecule has 1 unspecified atom stereocenters. The van der Waals surface area contributed by atoms with E-state index >= 15 is 0 Å². The van der Waals surface area contributed by atoms with E-state index in [1.54, 1.807) is 12.1 Å². The molecular weight excluding hydrogens is 196 g/mol. The standard InChI is InChI=1S/C11H14O2S/c1-9(2)7-8-10-5-3-4-6-11(10)14(12)13/h3-6H,1,7-8H2,2H3,(H,12,13)/p-1. The van der Waals surface area contributed by atoms with Crippen molar-refractivity contribution in [2.45, 2.75) is 24.7 Å². The molecule has 0 saturated carbocycles. The van der Waals surface area contributed by atoms with Gasteiger partial charge in [-0.25, -0.2) is 0 Å². The summed E-state index contributed by atoms with van der Waals surface area (Å²) in [5.74, 6) is 0. The topological polar surface area (TPSA) is 40.1 Å². The molecule has 1 rings (SSSR count). The van der Waals surface area contributed by atoms with Gasteiger partial charge in [0, 0.05) is 4.90 Å². The molecular formula is C11H13O2S-. The molecule has 0 saturated heterocycles. The van der Waals surface area contributed by atoms with Crippen molar-refractivity contribution in [1.29, 1.82) is 0 Å². The minimum Gasteiger partial charge on any atom is -0.768 e. The quantitative estimate of drug-likeness (QED) is 0.564. The van der Waals surface area contributed by atoms with E-state index in [0.717, 1.165) is 24.0 Å². The Hall–Kier alpha value is -0.930. The molecule has 0 heterocycles. The minimum absolute atomic E-state index is 0.397. The van der Waals surface area contributed by atoms with Gasteiger partial charge in [-0.3, -0.25) is 4.21 Å². The summed E-state index contributed by atoms with van der Waals surface area (Å²) in [4.78, 5) is 0.397. The Morgan fingerprint density at radius 3 is 2.71 bits per heavy atom. The molecule has 0 spiro atoms. The van der Waals surface area contributed by atoms with E-state index in [2.05, 4.69) is 6.58 Å². The van der Waals surface area contributed by atoms with Crippen molar-refractivity contribution in [3.8, 4) is 0 Å². The van der Waals surface area contributed by atoms with Crippen LogP contribution in [0.15, 0.2) is 41.3 Å². The Kier molecular flexibility index (Phi) is 4.04. The molecule has 1 aromatic carbocycles. The van der Waals surface area contributed by atoms with Crippen LogP contribution in [-0.2, 0) is 17.5 Å². The first-order chi connectivity index (χ1) is 6.61. The third-order valence-corrected chi connectivity index (χ3v) is 2.73. The molecule has 0 bridgehead atoms. The van der Waals surface area contributed by atoms with E-state index < -0.39 is 11.1 Å². The number of hydrogen-bond donors (Lipinski definition) is 0. The van der Waals surface area contributed by atoms with Crippen molar-refractivity contribution in [3.63, 3.8) is 0 Å². The van der Waals surface area contributed by atoms with Crippen molar-refractivity contribution in [1.82, 2.24) is 0 Å². The molecule has 1 aromatic rings. The van der Waals surface area contributed by atoms with Gasteiger partial charge in [0.15, 0.2) is 0 Å². The molecule has 0 aromatic heterocycles. The molecule has 3 heteroatoms. The van der Waals surface area contributed by atoms with E-state index in [-0.39, 0.29) is 0 Å². The van der Waals surface area contributed by atoms with E-state index in [0.29, 0.717) is 4.90 Å². The van der Waals surface area contributed by atoms with Crippen LogP contribution >= 0.6 is 0 Å². The fourth-order valence-electron chi connectivity index (χ4n) is 1.22. The van der Waals surface area contributed by atoms with Crippen LogP contribution in [0.25, 0.3) is 0 Å². The Morgan fingerprint density at radius 1 is 1.50 bits per heavy atom. The average molecular weight is 209 g/mol. The normalized spacial score (nSPS) is 12.4. The van der Waals surface area contributed by atoms with Crippen molar-refractivity contribution >= 4 is 11.1 Å². The summed E-state index contributed by atoms with van der Waals surface area (Å²) in [6.07, 6.45) is 1.56. The van der Waals surface area contributed by atoms with Gasteiger partial charge >= 0.3 is 0 Å². The Bertz CT molecular complexity index is 358. The monoisotopic (exact) mass is 209 g/mol. The summed E-state index contributed by atoms with van der Waals surface area (Å²) in [7, 11) is 0. The molecule has 0 aliphatic heterocycles. The highest BCUT2D eigenvalue weighted by atomic mass is 32.2. The van der Waals surface area contributed by atoms with Crippen molar-refractivity contribution < 1.29 is 8.76 Å². The van der Waals surface area contributed by atoms with Gasteiger partial charge in [-0.1, -0.05) is 23.8 Å². The predicted molar refractivity (Wildman–Crippen MR) is 56.8 cm³/mol. The lowest BCUT2D eigenvalue weighted by Gasteiger charge is -2.11. The molecule has 0 aliphatic rings. The Morgan fingerprint density at radius 2 is 2.14 bits per heavy atom. The largest absolute Gasteiger partial charge is 0.768 e. The number of allylic oxidation sites excluding steroid dienone is 1. The fraction of sp³-hybridized carbons (Fsp3) is 0.273. The first-order valence-electron chi connectivity index (χ1n) is 4.43. The lowest BCUT2D eigenvalue weighted by atomic mass is 10.1. The number of aryl methyl sites for hydroxylation is 1. The van der Waals surface area contributed by atoms with E-state index in [1.165, 1.54) is 0 Å². The van der Waals surface area contributed by atoms with Crippen LogP contribution in [0.5, 0.6) is 0 Å². The van der Waals surface area contributed by atoms with Gasteiger partial charge in [0.25, 0.3) is 0 Å². The highest BCUT2D eigenvalue weighted by Gasteiger charge is 2.01. The van der Waals surface area contributed by atoms with Crippen LogP contribution in [0.2, 0.25) is 0 Å². The van der Waals surface area contributed by atoms with Crippen molar-refractivity contribution in [2.75, 3.05) is 0 Å². The molecule has 76 valence electrons. The van der Waals surface area contributed by atoms with E-state index in [4.69, 9.17) is 0 Å². The second kappa shape index (κ2) is 5.08. The van der Waals surface area contributed by atoms with E-state index in [9.17, 15) is 8.76 Å². The average Bonchev–Trinajstić information content (AvgIpc) is 2.15. The Balaban J connectivity index is 2.84. The molecule has 0 N–H and O–H groups in total. The zero-order valence-electron chi connectivity index (χ0n) is 8.16. The van der Waals surface area contributed by atoms with Crippen molar-refractivity contribution in [3.05, 3.63) is 42.0 Å². The van der Waals surface area contributed by atoms with E-state index in [1.807, 2.05) is 19.1 Å². The molecule has 0 fully saturated rings. The predicted octanol–water partition coefficient (Wildman–Crippen LogP) is 2.43. The minimum atomic E-state index is -2.13. The fourth-order valence-corrected chi connectivity index (χ4v) is 1.79. The summed E-state index contributed by atoms with van der Waals surface area (Å²) in [6.45, 7) is 5.73. The summed E-state index contributed by atoms with van der Waals surface area (Å²) < 4.78 is 21.7. The van der Waals surface area contributed by atoms with Gasteiger partial charge < -0.3 is 4.55 Å². The third kappa shape index (κ3) is 3.09. The SMILES string of the molecule is C=C(C)CCc1ccccc1S(=O)[O-]. The zero-order valence-corrected chi connectivity index (χ0v) is 8.97. The lowest BCUT2D eigenvalue weighted by Crippen LogP contribution is -1.96. The molecule has 0 amide bonds. The number of rotatable bonds is 4. The van der Waals surface area contributed by atoms with Gasteiger partial charge in [0.1, 0.15) is 0 Å². The van der Waals surface area contributed by atoms with Crippen LogP contribution in [0.1, 0.15) is 18.9 Å². The number of hydrogen-bond acceptors (Lipinski definition) is 2. The highest BCUT2D eigenvalue weighted by Crippen LogP contribution is 2.15. The molecule has 14 heavy (non-hydrogen) atoms. The Labute approximate surface area is 86.9 Å². The van der Waals surface area contributed by atoms with Gasteiger partial charge in [-0.2, -0.15) is 0 Å². The maximum absolute atomic E-state index is 10.8. The van der Waals surface area contributed by atoms with Crippen LogP contribution < -0.4 is 0 Å². The van der Waals surface area contributed by atoms with Crippen LogP contribution in [0.3, 0.4) is 0 Å². The first kappa shape index (κ1) is 11.1. The first-order valence-corrected chi connectivity index (χ1v) is 5.50. The lowest BCUT2D eigenvalue weighted by molar-refractivity contribution is 0.536. The second-order valence-corrected chi connectivity index (χ2v) is 4.21. The van der Waals surface area contributed by atoms with Crippen LogP contribution in [0.4, 0.5) is 0 Å². The summed E-state index contributed by atoms with van der Waals surface area (Å²) in [5, 5.41) is 0. The summed E-state index contributed by atoms with van der Waals surface area (Å²) in [5.41, 5.74) is 1.93. The van der Waals surface area contributed by atoms with Gasteiger partial charge in [-0.15, -0.1) is 6.58 Å². The maximum Gasteiger partial charge on any atom is 0.0280 e. The smallest absolute Gasteiger partial charge is 0.0280 e. The summed E-state index contributed by atoms with van der Waals surface area (Å²) in [6, 6.07) is 7.05. The van der Waals surface area contributed by atoms with Crippen LogP contribution in [-0.4, -0.2) is 8.76 Å². The van der Waals surface area contributed by atoms with Gasteiger partial charge in [0.05, 0.1) is 0 Å². The third-order valence-electron chi connectivity index (χ3n) is 1.97. The number of benzene rings is 1. The summed E-state index contributed by atoms with van der Waals surface area (Å²) >= 11 is -2.13. The van der Waals surface area contributed by atoms with Gasteiger partial charge in [-0.05, 0) is 42.5 Å². The zero-order chi connectivity index (χ0) is 10.6. The molecule has 0 aliphatic carbocycles. The van der Waals surface area contributed by atoms with Crippen molar-refractivity contribution in [2.24, 2.45) is 0 Å². The molecule has 2 nitrogen and oxygen atoms in total. The van der Waals surface area contributed by atoms with Crippen LogP contribution in [0, 0.1) is 0 Å². The highest BCUT2D eigenvalue weighted by molar-refractivity contribution is 7.79. The molecule has 0 radical (unpaired) electrons.